The number of benzene rings is 2. The Kier molecular flexibility index (Phi) is 4.62. The van der Waals surface area contributed by atoms with Crippen LogP contribution in [0.5, 0.6) is 0 Å². The molecule has 0 radical (unpaired) electrons. The van der Waals surface area contributed by atoms with E-state index in [1.165, 1.54) is 12.1 Å². The molecule has 0 aliphatic heterocycles. The smallest absolute Gasteiger partial charge is 0.132 e. The van der Waals surface area contributed by atoms with Crippen LogP contribution in [-0.4, -0.2) is 0 Å². The fourth-order valence-electron chi connectivity index (χ4n) is 2.14. The van der Waals surface area contributed by atoms with Crippen LogP contribution in [0.1, 0.15) is 28.3 Å². The first kappa shape index (κ1) is 15.6. The number of hydrogen-bond donors (Lipinski definition) is 1. The number of rotatable bonds is 2. The number of aryl methyl sites for hydroxylation is 2. The summed E-state index contributed by atoms with van der Waals surface area (Å²) < 4.78 is 29.3. The second kappa shape index (κ2) is 5.92. The number of hydrogen-bond acceptors (Lipinski definition) is 1. The lowest BCUT2D eigenvalue weighted by atomic mass is 9.93. The van der Waals surface area contributed by atoms with Crippen LogP contribution in [0.25, 0.3) is 0 Å². The van der Waals surface area contributed by atoms with Crippen molar-refractivity contribution in [1.29, 1.82) is 0 Å². The normalized spacial score (nSPS) is 12.6. The van der Waals surface area contributed by atoms with Crippen molar-refractivity contribution in [2.45, 2.75) is 19.9 Å². The molecule has 0 aliphatic rings. The lowest BCUT2D eigenvalue weighted by molar-refractivity contribution is 0.541. The Hall–Kier alpha value is -0.780. The van der Waals surface area contributed by atoms with E-state index in [1.807, 2.05) is 26.0 Å². The molecule has 5 heteroatoms. The lowest BCUT2D eigenvalue weighted by Crippen LogP contribution is -2.17. The number of halogens is 4. The zero-order valence-electron chi connectivity index (χ0n) is 11.0. The third-order valence-corrected chi connectivity index (χ3v) is 4.55. The van der Waals surface area contributed by atoms with E-state index in [1.54, 1.807) is 0 Å². The fourth-order valence-corrected chi connectivity index (χ4v) is 3.00. The molecule has 2 rings (SSSR count). The molecule has 0 aromatic heterocycles. The maximum absolute atomic E-state index is 14.0. The van der Waals surface area contributed by atoms with Gasteiger partial charge in [0.2, 0.25) is 0 Å². The highest BCUT2D eigenvalue weighted by Crippen LogP contribution is 2.31. The summed E-state index contributed by atoms with van der Waals surface area (Å²) in [4.78, 5) is 0. The van der Waals surface area contributed by atoms with Crippen LogP contribution >= 0.6 is 31.9 Å². The van der Waals surface area contributed by atoms with Crippen molar-refractivity contribution in [2.24, 2.45) is 5.73 Å². The second-order valence-electron chi connectivity index (χ2n) is 4.72. The summed E-state index contributed by atoms with van der Waals surface area (Å²) in [6.07, 6.45) is 0. The van der Waals surface area contributed by atoms with Crippen molar-refractivity contribution in [3.63, 3.8) is 0 Å². The predicted octanol–water partition coefficient (Wildman–Crippen LogP) is 5.15. The Morgan fingerprint density at radius 3 is 2.05 bits per heavy atom. The summed E-state index contributed by atoms with van der Waals surface area (Å²) in [6, 6.07) is 5.36. The Morgan fingerprint density at radius 1 is 0.950 bits per heavy atom. The topological polar surface area (TPSA) is 26.0 Å². The van der Waals surface area contributed by atoms with Crippen LogP contribution in [0.15, 0.2) is 33.2 Å². The van der Waals surface area contributed by atoms with Crippen molar-refractivity contribution in [3.05, 3.63) is 67.1 Å². The fraction of sp³-hybridized carbons (Fsp3) is 0.200. The van der Waals surface area contributed by atoms with E-state index in [2.05, 4.69) is 31.9 Å². The largest absolute Gasteiger partial charge is 0.320 e. The Balaban J connectivity index is 2.57. The molecule has 0 spiro atoms. The minimum absolute atomic E-state index is 0.113. The van der Waals surface area contributed by atoms with Crippen molar-refractivity contribution < 1.29 is 8.78 Å². The average Bonchev–Trinajstić information content (AvgIpc) is 2.32. The Morgan fingerprint density at radius 2 is 1.50 bits per heavy atom. The standard InChI is InChI=1S/C15H13Br2F2N/c1-7-4-11(17)8(2)3-10(7)15(20)14-12(18)5-9(16)6-13(14)19/h3-6,15H,20H2,1-2H3. The van der Waals surface area contributed by atoms with Gasteiger partial charge < -0.3 is 5.73 Å². The summed E-state index contributed by atoms with van der Waals surface area (Å²) >= 11 is 6.49. The zero-order chi connectivity index (χ0) is 15.0. The molecule has 20 heavy (non-hydrogen) atoms. The van der Waals surface area contributed by atoms with Crippen LogP contribution in [0.4, 0.5) is 8.78 Å². The maximum atomic E-state index is 14.0. The molecule has 1 nitrogen and oxygen atoms in total. The van der Waals surface area contributed by atoms with Gasteiger partial charge in [0.05, 0.1) is 6.04 Å². The van der Waals surface area contributed by atoms with Gasteiger partial charge in [0.15, 0.2) is 0 Å². The van der Waals surface area contributed by atoms with E-state index in [0.29, 0.717) is 10.0 Å². The minimum Gasteiger partial charge on any atom is -0.320 e. The zero-order valence-corrected chi connectivity index (χ0v) is 14.1. The van der Waals surface area contributed by atoms with Gasteiger partial charge in [0.25, 0.3) is 0 Å². The van der Waals surface area contributed by atoms with E-state index < -0.39 is 17.7 Å². The first-order valence-corrected chi connectivity index (χ1v) is 7.56. The van der Waals surface area contributed by atoms with Crippen LogP contribution in [0, 0.1) is 25.5 Å². The molecule has 0 heterocycles. The van der Waals surface area contributed by atoms with Crippen molar-refractivity contribution in [3.8, 4) is 0 Å². The van der Waals surface area contributed by atoms with Crippen molar-refractivity contribution in [2.75, 3.05) is 0 Å². The first-order chi connectivity index (χ1) is 9.31. The second-order valence-corrected chi connectivity index (χ2v) is 6.49. The molecule has 2 aromatic rings. The average molecular weight is 405 g/mol. The van der Waals surface area contributed by atoms with E-state index in [9.17, 15) is 8.78 Å². The van der Waals surface area contributed by atoms with E-state index in [4.69, 9.17) is 5.73 Å². The Labute approximate surface area is 133 Å². The maximum Gasteiger partial charge on any atom is 0.132 e. The van der Waals surface area contributed by atoms with Gasteiger partial charge in [-0.2, -0.15) is 0 Å². The summed E-state index contributed by atoms with van der Waals surface area (Å²) in [6.45, 7) is 3.78. The van der Waals surface area contributed by atoms with Crippen LogP contribution in [0.3, 0.4) is 0 Å². The molecule has 0 amide bonds. The number of nitrogens with two attached hydrogens (primary N) is 1. The molecule has 0 saturated carbocycles. The monoisotopic (exact) mass is 403 g/mol. The van der Waals surface area contributed by atoms with Gasteiger partial charge >= 0.3 is 0 Å². The van der Waals surface area contributed by atoms with Crippen molar-refractivity contribution >= 4 is 31.9 Å². The van der Waals surface area contributed by atoms with Crippen LogP contribution < -0.4 is 5.73 Å². The summed E-state index contributed by atoms with van der Waals surface area (Å²) in [5.41, 5.74) is 8.54. The van der Waals surface area contributed by atoms with Gasteiger partial charge in [-0.25, -0.2) is 8.78 Å². The quantitative estimate of drug-likeness (QED) is 0.735. The van der Waals surface area contributed by atoms with Gasteiger partial charge in [0.1, 0.15) is 11.6 Å². The van der Waals surface area contributed by atoms with E-state index in [-0.39, 0.29) is 5.56 Å². The third-order valence-electron chi connectivity index (χ3n) is 3.24. The summed E-state index contributed by atoms with van der Waals surface area (Å²) in [7, 11) is 0. The van der Waals surface area contributed by atoms with Gasteiger partial charge in [-0.1, -0.05) is 37.9 Å². The molecule has 1 unspecified atom stereocenters. The van der Waals surface area contributed by atoms with Crippen LogP contribution in [0.2, 0.25) is 0 Å². The molecule has 106 valence electrons. The highest BCUT2D eigenvalue weighted by atomic mass is 79.9. The van der Waals surface area contributed by atoms with Gasteiger partial charge in [0, 0.05) is 14.5 Å². The summed E-state index contributed by atoms with van der Waals surface area (Å²) in [5, 5.41) is 0. The predicted molar refractivity (Wildman–Crippen MR) is 83.7 cm³/mol. The highest BCUT2D eigenvalue weighted by Gasteiger charge is 2.21. The lowest BCUT2D eigenvalue weighted by Gasteiger charge is -2.18. The third kappa shape index (κ3) is 2.95. The van der Waals surface area contributed by atoms with Gasteiger partial charge in [-0.3, -0.25) is 0 Å². The first-order valence-electron chi connectivity index (χ1n) is 5.98. The van der Waals surface area contributed by atoms with Crippen molar-refractivity contribution in [1.82, 2.24) is 0 Å². The Bertz CT molecular complexity index is 648. The molecule has 0 aliphatic carbocycles. The molecular formula is C15H13Br2F2N. The van der Waals surface area contributed by atoms with Gasteiger partial charge in [-0.05, 0) is 48.7 Å². The molecule has 2 aromatic carbocycles. The van der Waals surface area contributed by atoms with Gasteiger partial charge in [-0.15, -0.1) is 0 Å². The minimum atomic E-state index is -0.838. The summed E-state index contributed by atoms with van der Waals surface area (Å²) in [5.74, 6) is -1.30. The highest BCUT2D eigenvalue weighted by molar-refractivity contribution is 9.10. The molecular weight excluding hydrogens is 392 g/mol. The SMILES string of the molecule is Cc1cc(C(N)c2c(F)cc(Br)cc2F)c(C)cc1Br. The molecule has 0 bridgehead atoms. The molecule has 2 N–H and O–H groups in total. The molecule has 0 fully saturated rings. The van der Waals surface area contributed by atoms with E-state index >= 15 is 0 Å². The van der Waals surface area contributed by atoms with Crippen LogP contribution in [-0.2, 0) is 0 Å². The molecule has 1 atom stereocenters. The van der Waals surface area contributed by atoms with E-state index in [0.717, 1.165) is 15.6 Å². The molecule has 0 saturated heterocycles.